The van der Waals surface area contributed by atoms with E-state index in [0.717, 1.165) is 16.0 Å². The summed E-state index contributed by atoms with van der Waals surface area (Å²) in [6.07, 6.45) is 2.11. The van der Waals surface area contributed by atoms with Crippen molar-refractivity contribution >= 4 is 69.2 Å². The second-order valence-electron chi connectivity index (χ2n) is 7.75. The molecule has 178 valence electrons. The highest BCUT2D eigenvalue weighted by Crippen LogP contribution is 2.37. The zero-order valence-corrected chi connectivity index (χ0v) is 22.3. The molecule has 0 fully saturated rings. The summed E-state index contributed by atoms with van der Waals surface area (Å²) in [5.74, 6) is 1.29. The number of fused-ring (bicyclic) bond motifs is 1. The van der Waals surface area contributed by atoms with Gasteiger partial charge in [0, 0.05) is 34.8 Å². The summed E-state index contributed by atoms with van der Waals surface area (Å²) in [7, 11) is 2.03. The summed E-state index contributed by atoms with van der Waals surface area (Å²) >= 11 is 22.1. The van der Waals surface area contributed by atoms with Crippen LogP contribution in [0.5, 0.6) is 0 Å². The molecular formula is C25H18Cl3FN4S2. The van der Waals surface area contributed by atoms with E-state index >= 15 is 0 Å². The molecule has 35 heavy (non-hydrogen) atoms. The number of aryl methyl sites for hydroxylation is 1. The zero-order valence-electron chi connectivity index (χ0n) is 18.4. The number of nitrogens with zero attached hydrogens (tertiary/aromatic N) is 4. The van der Waals surface area contributed by atoms with Crippen molar-refractivity contribution in [1.29, 1.82) is 0 Å². The molecule has 0 aliphatic heterocycles. The highest BCUT2D eigenvalue weighted by molar-refractivity contribution is 7.99. The maximum Gasteiger partial charge on any atom is 0.196 e. The fourth-order valence-electron chi connectivity index (χ4n) is 3.75. The van der Waals surface area contributed by atoms with Gasteiger partial charge in [-0.25, -0.2) is 4.39 Å². The summed E-state index contributed by atoms with van der Waals surface area (Å²) < 4.78 is 17.9. The van der Waals surface area contributed by atoms with Crippen LogP contribution in [0.4, 0.5) is 4.39 Å². The number of hydrogen-bond acceptors (Lipinski definition) is 4. The van der Waals surface area contributed by atoms with Crippen LogP contribution >= 0.6 is 58.3 Å². The van der Waals surface area contributed by atoms with Gasteiger partial charge in [-0.15, -0.1) is 22.0 Å². The molecule has 5 aromatic rings. The van der Waals surface area contributed by atoms with Crippen LogP contribution in [0, 0.1) is 5.82 Å². The van der Waals surface area contributed by atoms with Crippen molar-refractivity contribution in [1.82, 2.24) is 19.3 Å². The molecule has 2 aromatic heterocycles. The minimum absolute atomic E-state index is 0.0949. The fourth-order valence-corrected chi connectivity index (χ4v) is 6.37. The second kappa shape index (κ2) is 10.4. The number of benzene rings is 3. The van der Waals surface area contributed by atoms with Gasteiger partial charge in [-0.05, 0) is 35.9 Å². The van der Waals surface area contributed by atoms with Crippen LogP contribution in [-0.2, 0) is 18.6 Å². The van der Waals surface area contributed by atoms with Gasteiger partial charge in [0.05, 0.1) is 26.5 Å². The van der Waals surface area contributed by atoms with Gasteiger partial charge < -0.3 is 4.57 Å². The summed E-state index contributed by atoms with van der Waals surface area (Å²) in [5, 5.41) is 11.8. The summed E-state index contributed by atoms with van der Waals surface area (Å²) in [5.41, 5.74) is 2.57. The largest absolute Gasteiger partial charge is 0.349 e. The lowest BCUT2D eigenvalue weighted by molar-refractivity contribution is 0.627. The van der Waals surface area contributed by atoms with Crippen molar-refractivity contribution in [2.45, 2.75) is 21.6 Å². The van der Waals surface area contributed by atoms with Crippen LogP contribution < -0.4 is 0 Å². The predicted octanol–water partition coefficient (Wildman–Crippen LogP) is 8.44. The second-order valence-corrected chi connectivity index (χ2v) is 10.9. The first-order chi connectivity index (χ1) is 16.9. The lowest BCUT2D eigenvalue weighted by Crippen LogP contribution is -2.04. The maximum atomic E-state index is 13.9. The summed E-state index contributed by atoms with van der Waals surface area (Å²) in [6.45, 7) is 0. The average Bonchev–Trinajstić information content (AvgIpc) is 3.39. The normalized spacial score (nSPS) is 11.5. The van der Waals surface area contributed by atoms with Gasteiger partial charge in [-0.2, -0.15) is 0 Å². The predicted molar refractivity (Wildman–Crippen MR) is 145 cm³/mol. The first kappa shape index (κ1) is 24.5. The molecule has 0 aliphatic carbocycles. The van der Waals surface area contributed by atoms with Crippen LogP contribution in [0.25, 0.3) is 16.6 Å². The van der Waals surface area contributed by atoms with Crippen molar-refractivity contribution in [2.75, 3.05) is 0 Å². The standard InChI is InChI=1S/C25H18Cl3FN4S2/c1-32-12-22(16-5-2-3-8-21(16)32)34-14-23-30-31-25(33(23)24-18(27)6-4-7-19(24)28)35-13-15-9-10-17(26)20(29)11-15/h2-12H,13-14H2,1H3. The number of rotatable bonds is 7. The van der Waals surface area contributed by atoms with Crippen LogP contribution in [0.3, 0.4) is 0 Å². The summed E-state index contributed by atoms with van der Waals surface area (Å²) in [6, 6.07) is 18.4. The highest BCUT2D eigenvalue weighted by atomic mass is 35.5. The van der Waals surface area contributed by atoms with Gasteiger partial charge >= 0.3 is 0 Å². The molecule has 2 heterocycles. The molecule has 0 unspecified atom stereocenters. The smallest absolute Gasteiger partial charge is 0.196 e. The van der Waals surface area contributed by atoms with E-state index in [4.69, 9.17) is 34.8 Å². The quantitative estimate of drug-likeness (QED) is 0.186. The number of hydrogen-bond donors (Lipinski definition) is 0. The Morgan fingerprint density at radius 2 is 1.63 bits per heavy atom. The lowest BCUT2D eigenvalue weighted by Gasteiger charge is -2.13. The topological polar surface area (TPSA) is 35.6 Å². The Labute approximate surface area is 225 Å². The maximum absolute atomic E-state index is 13.9. The van der Waals surface area contributed by atoms with Gasteiger partial charge in [-0.1, -0.05) is 76.9 Å². The molecule has 0 bridgehead atoms. The van der Waals surface area contributed by atoms with Gasteiger partial charge in [0.15, 0.2) is 5.16 Å². The van der Waals surface area contributed by atoms with Crippen molar-refractivity contribution in [2.24, 2.45) is 7.05 Å². The van der Waals surface area contributed by atoms with E-state index in [2.05, 4.69) is 33.1 Å². The van der Waals surface area contributed by atoms with E-state index in [1.165, 1.54) is 23.2 Å². The Morgan fingerprint density at radius 3 is 2.40 bits per heavy atom. The highest BCUT2D eigenvalue weighted by Gasteiger charge is 2.20. The van der Waals surface area contributed by atoms with Gasteiger partial charge in [0.25, 0.3) is 0 Å². The number of aromatic nitrogens is 4. The molecule has 0 radical (unpaired) electrons. The first-order valence-electron chi connectivity index (χ1n) is 10.5. The van der Waals surface area contributed by atoms with Crippen LogP contribution in [0.15, 0.2) is 76.9 Å². The molecule has 0 saturated carbocycles. The molecule has 0 saturated heterocycles. The third kappa shape index (κ3) is 5.06. The fraction of sp³-hybridized carbons (Fsp3) is 0.120. The SMILES string of the molecule is Cn1cc(SCc2nnc(SCc3ccc(Cl)c(F)c3)n2-c2c(Cl)cccc2Cl)c2ccccc21. The molecule has 0 aliphatic rings. The van der Waals surface area contributed by atoms with E-state index in [9.17, 15) is 4.39 Å². The van der Waals surface area contributed by atoms with Crippen molar-refractivity contribution in [3.8, 4) is 5.69 Å². The summed E-state index contributed by atoms with van der Waals surface area (Å²) in [4.78, 5) is 1.15. The Kier molecular flexibility index (Phi) is 7.32. The molecule has 4 nitrogen and oxygen atoms in total. The Bertz CT molecular complexity index is 1510. The van der Waals surface area contributed by atoms with Crippen LogP contribution in [0.1, 0.15) is 11.4 Å². The minimum atomic E-state index is -0.451. The van der Waals surface area contributed by atoms with E-state index in [1.807, 2.05) is 23.7 Å². The first-order valence-corrected chi connectivity index (χ1v) is 13.6. The van der Waals surface area contributed by atoms with Gasteiger partial charge in [0.2, 0.25) is 0 Å². The van der Waals surface area contributed by atoms with E-state index in [-0.39, 0.29) is 5.02 Å². The van der Waals surface area contributed by atoms with Crippen LogP contribution in [0.2, 0.25) is 15.1 Å². The van der Waals surface area contributed by atoms with E-state index in [1.54, 1.807) is 42.1 Å². The zero-order chi connectivity index (χ0) is 24.5. The molecule has 10 heteroatoms. The van der Waals surface area contributed by atoms with Gasteiger partial charge in [0.1, 0.15) is 11.6 Å². The van der Waals surface area contributed by atoms with E-state index in [0.29, 0.717) is 38.2 Å². The Balaban J connectivity index is 1.48. The third-order valence-corrected chi connectivity index (χ3v) is 8.39. The average molecular weight is 564 g/mol. The molecule has 0 N–H and O–H groups in total. The van der Waals surface area contributed by atoms with Crippen molar-refractivity contribution < 1.29 is 4.39 Å². The van der Waals surface area contributed by atoms with Crippen LogP contribution in [-0.4, -0.2) is 19.3 Å². The number of thioether (sulfide) groups is 2. The van der Waals surface area contributed by atoms with Crippen molar-refractivity contribution in [3.05, 3.63) is 99.1 Å². The Morgan fingerprint density at radius 1 is 0.857 bits per heavy atom. The Hall–Kier alpha value is -2.16. The van der Waals surface area contributed by atoms with E-state index < -0.39 is 5.82 Å². The number of halogens is 4. The molecule has 0 atom stereocenters. The number of para-hydroxylation sites is 2. The molecule has 5 rings (SSSR count). The van der Waals surface area contributed by atoms with Gasteiger partial charge in [-0.3, -0.25) is 4.57 Å². The minimum Gasteiger partial charge on any atom is -0.349 e. The monoisotopic (exact) mass is 562 g/mol. The lowest BCUT2D eigenvalue weighted by atomic mass is 10.2. The van der Waals surface area contributed by atoms with Crippen molar-refractivity contribution in [3.63, 3.8) is 0 Å². The molecule has 3 aromatic carbocycles. The molecule has 0 spiro atoms. The molecular weight excluding hydrogens is 546 g/mol. The molecule has 0 amide bonds. The third-order valence-electron chi connectivity index (χ3n) is 5.43.